The molecule has 150 valence electrons. The molecule has 3 rings (SSSR count). The molecule has 2 aromatic carbocycles. The van der Waals surface area contributed by atoms with E-state index >= 15 is 0 Å². The summed E-state index contributed by atoms with van der Waals surface area (Å²) in [5, 5.41) is 6.10. The molecule has 0 unspecified atom stereocenters. The molecule has 2 N–H and O–H groups in total. The summed E-state index contributed by atoms with van der Waals surface area (Å²) < 4.78 is 10.5. The van der Waals surface area contributed by atoms with Crippen molar-refractivity contribution >= 4 is 23.1 Å². The molecule has 1 amide bonds. The quantitative estimate of drug-likeness (QED) is 0.578. The Morgan fingerprint density at radius 3 is 2.38 bits per heavy atom. The Hall–Kier alpha value is -3.54. The lowest BCUT2D eigenvalue weighted by Gasteiger charge is -2.12. The first-order chi connectivity index (χ1) is 14.0. The maximum absolute atomic E-state index is 12.7. The van der Waals surface area contributed by atoms with Crippen LogP contribution in [-0.4, -0.2) is 25.1 Å². The summed E-state index contributed by atoms with van der Waals surface area (Å²) in [6.45, 7) is 4.31. The van der Waals surface area contributed by atoms with Gasteiger partial charge in [-0.25, -0.2) is 4.98 Å². The third-order valence-electron chi connectivity index (χ3n) is 4.53. The minimum Gasteiger partial charge on any atom is -0.497 e. The molecule has 0 aliphatic carbocycles. The molecular weight excluding hydrogens is 366 g/mol. The monoisotopic (exact) mass is 391 g/mol. The van der Waals surface area contributed by atoms with E-state index in [2.05, 4.69) is 41.6 Å². The van der Waals surface area contributed by atoms with Crippen LogP contribution < -0.4 is 20.1 Å². The average Bonchev–Trinajstić information content (AvgIpc) is 2.74. The number of hydrogen-bond acceptors (Lipinski definition) is 5. The zero-order chi connectivity index (χ0) is 20.8. The number of carbonyl (C=O) groups is 1. The van der Waals surface area contributed by atoms with Crippen molar-refractivity contribution in [2.45, 2.75) is 19.8 Å². The number of anilines is 3. The Morgan fingerprint density at radius 1 is 0.966 bits per heavy atom. The van der Waals surface area contributed by atoms with Gasteiger partial charge in [0.25, 0.3) is 5.91 Å². The zero-order valence-corrected chi connectivity index (χ0v) is 17.0. The van der Waals surface area contributed by atoms with E-state index in [1.165, 1.54) is 5.56 Å². The Kier molecular flexibility index (Phi) is 6.34. The van der Waals surface area contributed by atoms with Crippen LogP contribution in [0.4, 0.5) is 17.2 Å². The summed E-state index contributed by atoms with van der Waals surface area (Å²) in [6, 6.07) is 16.8. The van der Waals surface area contributed by atoms with E-state index < -0.39 is 0 Å². The number of hydrogen-bond donors (Lipinski definition) is 2. The Morgan fingerprint density at radius 2 is 1.72 bits per heavy atom. The summed E-state index contributed by atoms with van der Waals surface area (Å²) >= 11 is 0. The number of nitrogens with zero attached hydrogens (tertiary/aromatic N) is 1. The molecule has 0 aliphatic heterocycles. The van der Waals surface area contributed by atoms with Crippen molar-refractivity contribution in [3.8, 4) is 11.5 Å². The Bertz CT molecular complexity index is 985. The second-order valence-corrected chi connectivity index (χ2v) is 6.85. The number of amides is 1. The van der Waals surface area contributed by atoms with Gasteiger partial charge in [0, 0.05) is 23.5 Å². The number of benzene rings is 2. The van der Waals surface area contributed by atoms with Crippen LogP contribution in [0.15, 0.2) is 60.8 Å². The lowest BCUT2D eigenvalue weighted by Crippen LogP contribution is -2.13. The van der Waals surface area contributed by atoms with Gasteiger partial charge in [0.15, 0.2) is 0 Å². The van der Waals surface area contributed by atoms with Gasteiger partial charge in [-0.15, -0.1) is 0 Å². The van der Waals surface area contributed by atoms with Crippen molar-refractivity contribution in [2.75, 3.05) is 24.9 Å². The first-order valence-electron chi connectivity index (χ1n) is 9.36. The van der Waals surface area contributed by atoms with Gasteiger partial charge in [0.2, 0.25) is 0 Å². The molecule has 0 bridgehead atoms. The van der Waals surface area contributed by atoms with Crippen LogP contribution in [0.3, 0.4) is 0 Å². The largest absolute Gasteiger partial charge is 0.497 e. The first kappa shape index (κ1) is 20.2. The van der Waals surface area contributed by atoms with E-state index in [0.717, 1.165) is 5.69 Å². The van der Waals surface area contributed by atoms with Crippen molar-refractivity contribution < 1.29 is 14.3 Å². The van der Waals surface area contributed by atoms with Crippen molar-refractivity contribution in [2.24, 2.45) is 0 Å². The molecular formula is C23H25N3O3. The second kappa shape index (κ2) is 9.10. The summed E-state index contributed by atoms with van der Waals surface area (Å²) in [6.07, 6.45) is 1.60. The highest BCUT2D eigenvalue weighted by atomic mass is 16.5. The van der Waals surface area contributed by atoms with E-state index in [1.807, 2.05) is 12.1 Å². The highest BCUT2D eigenvalue weighted by Gasteiger charge is 2.12. The van der Waals surface area contributed by atoms with E-state index in [4.69, 9.17) is 9.47 Å². The maximum Gasteiger partial charge on any atom is 0.255 e. The van der Waals surface area contributed by atoms with E-state index in [-0.39, 0.29) is 5.91 Å². The fourth-order valence-corrected chi connectivity index (χ4v) is 2.84. The molecule has 6 heteroatoms. The molecule has 0 aliphatic rings. The molecule has 0 saturated heterocycles. The highest BCUT2D eigenvalue weighted by Crippen LogP contribution is 2.29. The average molecular weight is 391 g/mol. The van der Waals surface area contributed by atoms with Crippen LogP contribution in [-0.2, 0) is 0 Å². The fourth-order valence-electron chi connectivity index (χ4n) is 2.84. The van der Waals surface area contributed by atoms with Crippen LogP contribution in [0.5, 0.6) is 11.5 Å². The van der Waals surface area contributed by atoms with E-state index in [0.29, 0.717) is 34.5 Å². The van der Waals surface area contributed by atoms with Crippen molar-refractivity contribution in [3.63, 3.8) is 0 Å². The van der Waals surface area contributed by atoms with Crippen LogP contribution in [0.2, 0.25) is 0 Å². The van der Waals surface area contributed by atoms with Crippen molar-refractivity contribution in [1.82, 2.24) is 4.98 Å². The second-order valence-electron chi connectivity index (χ2n) is 6.85. The summed E-state index contributed by atoms with van der Waals surface area (Å²) in [7, 11) is 3.12. The van der Waals surface area contributed by atoms with Crippen LogP contribution in [0.1, 0.15) is 35.7 Å². The normalized spacial score (nSPS) is 10.5. The van der Waals surface area contributed by atoms with Crippen LogP contribution >= 0.6 is 0 Å². The number of methoxy groups -OCH3 is 2. The molecule has 0 saturated carbocycles. The summed E-state index contributed by atoms with van der Waals surface area (Å²) in [5.41, 5.74) is 3.23. The number of aromatic nitrogens is 1. The van der Waals surface area contributed by atoms with Gasteiger partial charge >= 0.3 is 0 Å². The highest BCUT2D eigenvalue weighted by molar-refractivity contribution is 6.05. The minimum atomic E-state index is -0.255. The van der Waals surface area contributed by atoms with Gasteiger partial charge in [-0.1, -0.05) is 26.0 Å². The van der Waals surface area contributed by atoms with Gasteiger partial charge in [0.05, 0.1) is 19.9 Å². The smallest absolute Gasteiger partial charge is 0.255 e. The number of pyridine rings is 1. The fraction of sp³-hybridized carbons (Fsp3) is 0.217. The third kappa shape index (κ3) is 5.04. The van der Waals surface area contributed by atoms with E-state index in [1.54, 1.807) is 50.7 Å². The molecule has 6 nitrogen and oxygen atoms in total. The maximum atomic E-state index is 12.7. The number of carbonyl (C=O) groups excluding carboxylic acids is 1. The molecule has 0 spiro atoms. The van der Waals surface area contributed by atoms with Gasteiger partial charge in [-0.2, -0.15) is 0 Å². The van der Waals surface area contributed by atoms with Crippen LogP contribution in [0, 0.1) is 0 Å². The Balaban J connectivity index is 1.74. The predicted octanol–water partition coefficient (Wildman–Crippen LogP) is 5.22. The Labute approximate surface area is 170 Å². The molecule has 29 heavy (non-hydrogen) atoms. The van der Waals surface area contributed by atoms with Crippen molar-refractivity contribution in [3.05, 3.63) is 71.9 Å². The predicted molar refractivity (Wildman–Crippen MR) is 116 cm³/mol. The molecule has 1 heterocycles. The summed E-state index contributed by atoms with van der Waals surface area (Å²) in [5.74, 6) is 1.99. The van der Waals surface area contributed by atoms with Crippen LogP contribution in [0.25, 0.3) is 0 Å². The summed E-state index contributed by atoms with van der Waals surface area (Å²) in [4.78, 5) is 17.0. The molecule has 3 aromatic rings. The first-order valence-corrected chi connectivity index (χ1v) is 9.36. The van der Waals surface area contributed by atoms with Gasteiger partial charge in [-0.05, 0) is 47.9 Å². The molecule has 1 aromatic heterocycles. The SMILES string of the molecule is COc1ccc(NC(=O)c2ccnc(Nc3ccc(C(C)C)cc3)c2)c(OC)c1. The number of rotatable bonds is 7. The number of nitrogens with one attached hydrogen (secondary N) is 2. The third-order valence-corrected chi connectivity index (χ3v) is 4.53. The lowest BCUT2D eigenvalue weighted by molar-refractivity contribution is 0.102. The lowest BCUT2D eigenvalue weighted by atomic mass is 10.0. The molecule has 0 atom stereocenters. The van der Waals surface area contributed by atoms with Crippen molar-refractivity contribution in [1.29, 1.82) is 0 Å². The van der Waals surface area contributed by atoms with Gasteiger partial charge in [-0.3, -0.25) is 4.79 Å². The standard InChI is InChI=1S/C23H25N3O3/c1-15(2)16-5-7-18(8-6-16)25-22-13-17(11-12-24-22)23(27)26-20-10-9-19(28-3)14-21(20)29-4/h5-15H,1-4H3,(H,24,25)(H,26,27). The van der Waals surface area contributed by atoms with Gasteiger partial charge in [0.1, 0.15) is 17.3 Å². The minimum absolute atomic E-state index is 0.255. The molecule has 0 radical (unpaired) electrons. The van der Waals surface area contributed by atoms with Gasteiger partial charge < -0.3 is 20.1 Å². The molecule has 0 fully saturated rings. The zero-order valence-electron chi connectivity index (χ0n) is 17.0. The topological polar surface area (TPSA) is 72.5 Å². The number of ether oxygens (including phenoxy) is 2. The van der Waals surface area contributed by atoms with E-state index in [9.17, 15) is 4.79 Å².